The van der Waals surface area contributed by atoms with Crippen molar-refractivity contribution in [2.45, 2.75) is 12.5 Å². The molecule has 0 aliphatic carbocycles. The minimum Gasteiger partial charge on any atom is -0.352 e. The Balaban J connectivity index is 1.84. The highest BCUT2D eigenvalue weighted by atomic mass is 15.3. The molecule has 4 nitrogen and oxygen atoms in total. The molecule has 3 rings (SSSR count). The van der Waals surface area contributed by atoms with E-state index in [4.69, 9.17) is 5.26 Å². The number of rotatable bonds is 1. The van der Waals surface area contributed by atoms with Crippen LogP contribution in [0.15, 0.2) is 18.3 Å². The lowest BCUT2D eigenvalue weighted by Crippen LogP contribution is -2.34. The van der Waals surface area contributed by atoms with Gasteiger partial charge < -0.3 is 10.2 Å². The Bertz CT molecular complexity index is 420. The highest BCUT2D eigenvalue weighted by molar-refractivity contribution is 5.44. The fourth-order valence-electron chi connectivity index (χ4n) is 2.76. The molecule has 4 heteroatoms. The molecular weight excluding hydrogens is 200 g/mol. The summed E-state index contributed by atoms with van der Waals surface area (Å²) in [6.45, 7) is 3.29. The van der Waals surface area contributed by atoms with Crippen LogP contribution in [0.3, 0.4) is 0 Å². The van der Waals surface area contributed by atoms with E-state index in [-0.39, 0.29) is 0 Å². The third kappa shape index (κ3) is 1.44. The van der Waals surface area contributed by atoms with Gasteiger partial charge in [-0.2, -0.15) is 5.26 Å². The summed E-state index contributed by atoms with van der Waals surface area (Å²) < 4.78 is 0. The van der Waals surface area contributed by atoms with Crippen molar-refractivity contribution in [1.82, 2.24) is 10.3 Å². The van der Waals surface area contributed by atoms with Gasteiger partial charge in [0, 0.05) is 31.9 Å². The van der Waals surface area contributed by atoms with Crippen LogP contribution < -0.4 is 10.2 Å². The van der Waals surface area contributed by atoms with Gasteiger partial charge in [-0.3, -0.25) is 0 Å². The minimum atomic E-state index is 0.598. The Morgan fingerprint density at radius 3 is 3.12 bits per heavy atom. The molecule has 2 aliphatic heterocycles. The maximum atomic E-state index is 8.73. The van der Waals surface area contributed by atoms with E-state index >= 15 is 0 Å². The number of nitrogens with zero attached hydrogens (tertiary/aromatic N) is 3. The van der Waals surface area contributed by atoms with Gasteiger partial charge in [0.25, 0.3) is 0 Å². The summed E-state index contributed by atoms with van der Waals surface area (Å²) in [5, 5.41) is 12.2. The fourth-order valence-corrected chi connectivity index (χ4v) is 2.76. The number of fused-ring (bicyclic) bond motifs is 1. The molecule has 0 bridgehead atoms. The zero-order chi connectivity index (χ0) is 11.0. The molecule has 0 amide bonds. The third-order valence-corrected chi connectivity index (χ3v) is 3.62. The van der Waals surface area contributed by atoms with Crippen molar-refractivity contribution >= 4 is 5.82 Å². The van der Waals surface area contributed by atoms with Crippen molar-refractivity contribution in [3.63, 3.8) is 0 Å². The number of anilines is 1. The van der Waals surface area contributed by atoms with Crippen LogP contribution in [0.5, 0.6) is 0 Å². The molecule has 2 fully saturated rings. The fraction of sp³-hybridized carbons (Fsp3) is 0.500. The second-order valence-corrected chi connectivity index (χ2v) is 4.48. The highest BCUT2D eigenvalue weighted by Crippen LogP contribution is 2.30. The summed E-state index contributed by atoms with van der Waals surface area (Å²) in [6, 6.07) is 6.50. The van der Waals surface area contributed by atoms with Crippen molar-refractivity contribution < 1.29 is 0 Å². The maximum absolute atomic E-state index is 8.73. The van der Waals surface area contributed by atoms with E-state index in [9.17, 15) is 0 Å². The van der Waals surface area contributed by atoms with Gasteiger partial charge in [-0.05, 0) is 24.5 Å². The van der Waals surface area contributed by atoms with Crippen LogP contribution in [0.2, 0.25) is 0 Å². The first-order valence-corrected chi connectivity index (χ1v) is 5.72. The van der Waals surface area contributed by atoms with Crippen LogP contribution in [-0.4, -0.2) is 30.7 Å². The van der Waals surface area contributed by atoms with Gasteiger partial charge in [-0.15, -0.1) is 0 Å². The normalized spacial score (nSPS) is 27.8. The molecular formula is C12H14N4. The molecule has 2 saturated heterocycles. The Morgan fingerprint density at radius 1 is 1.44 bits per heavy atom. The molecule has 1 aromatic heterocycles. The molecule has 0 unspecified atom stereocenters. The summed E-state index contributed by atoms with van der Waals surface area (Å²) in [4.78, 5) is 6.73. The van der Waals surface area contributed by atoms with Crippen LogP contribution in [0.1, 0.15) is 12.0 Å². The number of pyridine rings is 1. The number of nitriles is 1. The molecule has 3 heterocycles. The van der Waals surface area contributed by atoms with Crippen LogP contribution in [0, 0.1) is 17.2 Å². The van der Waals surface area contributed by atoms with E-state index < -0.39 is 0 Å². The van der Waals surface area contributed by atoms with Crippen LogP contribution in [0.25, 0.3) is 0 Å². The molecule has 0 radical (unpaired) electrons. The smallest absolute Gasteiger partial charge is 0.128 e. The molecule has 2 atom stereocenters. The lowest BCUT2D eigenvalue weighted by atomic mass is 10.1. The van der Waals surface area contributed by atoms with Gasteiger partial charge in [0.15, 0.2) is 0 Å². The van der Waals surface area contributed by atoms with Gasteiger partial charge in [0.2, 0.25) is 0 Å². The first-order valence-electron chi connectivity index (χ1n) is 5.72. The van der Waals surface area contributed by atoms with Gasteiger partial charge in [0.05, 0.1) is 5.56 Å². The average molecular weight is 214 g/mol. The van der Waals surface area contributed by atoms with Gasteiger partial charge in [-0.25, -0.2) is 4.98 Å². The quantitative estimate of drug-likeness (QED) is 0.749. The molecule has 2 aliphatic rings. The summed E-state index contributed by atoms with van der Waals surface area (Å²) in [5.74, 6) is 1.78. The largest absolute Gasteiger partial charge is 0.352 e. The average Bonchev–Trinajstić information content (AvgIpc) is 2.91. The molecule has 1 aromatic rings. The van der Waals surface area contributed by atoms with E-state index in [2.05, 4.69) is 21.3 Å². The lowest BCUT2D eigenvalue weighted by molar-refractivity contribution is 0.577. The SMILES string of the molecule is N#Cc1ccc(N2CC[C@H]3CNC[C@H]32)nc1. The molecule has 0 spiro atoms. The van der Waals surface area contributed by atoms with Crippen molar-refractivity contribution in [2.75, 3.05) is 24.5 Å². The van der Waals surface area contributed by atoms with E-state index in [1.165, 1.54) is 6.42 Å². The molecule has 0 saturated carbocycles. The first-order chi connectivity index (χ1) is 7.88. The Hall–Kier alpha value is -1.60. The van der Waals surface area contributed by atoms with Gasteiger partial charge in [0.1, 0.15) is 11.9 Å². The summed E-state index contributed by atoms with van der Waals surface area (Å²) >= 11 is 0. The number of hydrogen-bond acceptors (Lipinski definition) is 4. The van der Waals surface area contributed by atoms with Crippen LogP contribution in [0.4, 0.5) is 5.82 Å². The Morgan fingerprint density at radius 2 is 2.38 bits per heavy atom. The Labute approximate surface area is 94.9 Å². The second-order valence-electron chi connectivity index (χ2n) is 4.48. The van der Waals surface area contributed by atoms with Crippen molar-refractivity contribution in [3.8, 4) is 6.07 Å². The zero-order valence-electron chi connectivity index (χ0n) is 9.06. The van der Waals surface area contributed by atoms with Gasteiger partial charge >= 0.3 is 0 Å². The summed E-state index contributed by atoms with van der Waals surface area (Å²) in [6.07, 6.45) is 2.91. The zero-order valence-corrected chi connectivity index (χ0v) is 9.06. The van der Waals surface area contributed by atoms with E-state index in [0.717, 1.165) is 31.4 Å². The van der Waals surface area contributed by atoms with E-state index in [1.54, 1.807) is 6.20 Å². The van der Waals surface area contributed by atoms with Crippen LogP contribution >= 0.6 is 0 Å². The lowest BCUT2D eigenvalue weighted by Gasteiger charge is -2.24. The molecule has 0 aromatic carbocycles. The van der Waals surface area contributed by atoms with Crippen molar-refractivity contribution in [1.29, 1.82) is 5.26 Å². The number of aromatic nitrogens is 1. The number of nitrogens with one attached hydrogen (secondary N) is 1. The number of hydrogen-bond donors (Lipinski definition) is 1. The Kier molecular flexibility index (Phi) is 2.26. The molecule has 16 heavy (non-hydrogen) atoms. The maximum Gasteiger partial charge on any atom is 0.128 e. The van der Waals surface area contributed by atoms with Gasteiger partial charge in [-0.1, -0.05) is 0 Å². The second kappa shape index (κ2) is 3.76. The standard InChI is InChI=1S/C12H14N4/c13-5-9-1-2-12(15-6-9)16-4-3-10-7-14-8-11(10)16/h1-2,6,10-11,14H,3-4,7-8H2/t10-,11+/m0/s1. The predicted octanol–water partition coefficient (Wildman–Crippen LogP) is 0.751. The van der Waals surface area contributed by atoms with E-state index in [1.807, 2.05) is 12.1 Å². The predicted molar refractivity (Wildman–Crippen MR) is 61.1 cm³/mol. The molecule has 1 N–H and O–H groups in total. The van der Waals surface area contributed by atoms with Crippen molar-refractivity contribution in [2.24, 2.45) is 5.92 Å². The van der Waals surface area contributed by atoms with Crippen LogP contribution in [-0.2, 0) is 0 Å². The van der Waals surface area contributed by atoms with Crippen molar-refractivity contribution in [3.05, 3.63) is 23.9 Å². The molecule has 82 valence electrons. The monoisotopic (exact) mass is 214 g/mol. The minimum absolute atomic E-state index is 0.598. The first kappa shape index (κ1) is 9.61. The third-order valence-electron chi connectivity index (χ3n) is 3.62. The summed E-state index contributed by atoms with van der Waals surface area (Å²) in [5.41, 5.74) is 0.629. The summed E-state index contributed by atoms with van der Waals surface area (Å²) in [7, 11) is 0. The highest BCUT2D eigenvalue weighted by Gasteiger charge is 2.37. The van der Waals surface area contributed by atoms with E-state index in [0.29, 0.717) is 11.6 Å². The topological polar surface area (TPSA) is 52.0 Å².